The Kier molecular flexibility index (Phi) is 55.5. The molecule has 0 aromatic rings. The van der Waals surface area contributed by atoms with Gasteiger partial charge in [-0.25, -0.2) is 0 Å². The quantitative estimate of drug-likeness (QED) is 0.358. The van der Waals surface area contributed by atoms with E-state index in [1.54, 1.807) is 0 Å². The van der Waals surface area contributed by atoms with Crippen molar-refractivity contribution in [1.29, 1.82) is 0 Å². The van der Waals surface area contributed by atoms with Gasteiger partial charge in [-0.3, -0.25) is 0 Å². The van der Waals surface area contributed by atoms with Gasteiger partial charge in [0.2, 0.25) is 0 Å². The van der Waals surface area contributed by atoms with Crippen molar-refractivity contribution < 1.29 is 18.9 Å². The molecule has 0 fully saturated rings. The van der Waals surface area contributed by atoms with Crippen LogP contribution in [0.3, 0.4) is 0 Å². The van der Waals surface area contributed by atoms with Crippen LogP contribution in [0.5, 0.6) is 0 Å². The van der Waals surface area contributed by atoms with Crippen LogP contribution >= 0.6 is 0 Å². The zero-order valence-corrected chi connectivity index (χ0v) is 13.8. The first kappa shape index (κ1) is 26.2. The molecule has 0 spiro atoms. The standard InChI is InChI=1S/2C6H14.C4H9.Li/c2*1-3-5-6-4-2;1-3-4-2;/h2*3-6H2,1-2H3;1,3-4H2,2H3;/q;;-1;+1. The second-order valence-corrected chi connectivity index (χ2v) is 4.27. The molecule has 17 heavy (non-hydrogen) atoms. The Hall–Kier alpha value is 0.597. The fourth-order valence-corrected chi connectivity index (χ4v) is 1.000. The minimum absolute atomic E-state index is 0. The van der Waals surface area contributed by atoms with Gasteiger partial charge >= 0.3 is 18.9 Å². The van der Waals surface area contributed by atoms with Crippen LogP contribution in [0.2, 0.25) is 0 Å². The van der Waals surface area contributed by atoms with Gasteiger partial charge in [0.15, 0.2) is 0 Å². The summed E-state index contributed by atoms with van der Waals surface area (Å²) in [4.78, 5) is 0. The second kappa shape index (κ2) is 36.0. The molecule has 0 aromatic carbocycles. The summed E-state index contributed by atoms with van der Waals surface area (Å²) in [5, 5.41) is 0. The normalized spacial score (nSPS) is 8.12. The van der Waals surface area contributed by atoms with Crippen LogP contribution in [-0.4, -0.2) is 0 Å². The number of unbranched alkanes of at least 4 members (excludes halogenated alkanes) is 7. The summed E-state index contributed by atoms with van der Waals surface area (Å²) in [7, 11) is 0. The zero-order chi connectivity index (χ0) is 13.1. The zero-order valence-electron chi connectivity index (χ0n) is 13.8. The SMILES string of the molecule is CCCCCC.CCCCCC.[CH2-]CCC.[Li+]. The first-order valence-corrected chi connectivity index (χ1v) is 7.54. The molecule has 0 saturated heterocycles. The summed E-state index contributed by atoms with van der Waals surface area (Å²) < 4.78 is 0. The van der Waals surface area contributed by atoms with Gasteiger partial charge in [-0.1, -0.05) is 92.4 Å². The molecule has 0 nitrogen and oxygen atoms in total. The van der Waals surface area contributed by atoms with E-state index in [9.17, 15) is 0 Å². The summed E-state index contributed by atoms with van der Waals surface area (Å²) in [6.45, 7) is 14.6. The van der Waals surface area contributed by atoms with Crippen LogP contribution in [0.15, 0.2) is 0 Å². The van der Waals surface area contributed by atoms with Gasteiger partial charge in [0.05, 0.1) is 0 Å². The van der Waals surface area contributed by atoms with Crippen molar-refractivity contribution in [3.05, 3.63) is 6.92 Å². The maximum Gasteiger partial charge on any atom is 1.00 e. The average Bonchev–Trinajstić information content (AvgIpc) is 2.34. The van der Waals surface area contributed by atoms with Crippen LogP contribution in [0.4, 0.5) is 0 Å². The fourth-order valence-electron chi connectivity index (χ4n) is 1.000. The molecule has 0 unspecified atom stereocenters. The molecule has 0 aliphatic heterocycles. The molecular formula is C16H37Li. The van der Waals surface area contributed by atoms with Gasteiger partial charge < -0.3 is 6.92 Å². The van der Waals surface area contributed by atoms with Crippen molar-refractivity contribution in [1.82, 2.24) is 0 Å². The van der Waals surface area contributed by atoms with Crippen molar-refractivity contribution in [2.24, 2.45) is 0 Å². The van der Waals surface area contributed by atoms with Gasteiger partial charge in [-0.05, 0) is 0 Å². The molecular weight excluding hydrogens is 199 g/mol. The molecule has 102 valence electrons. The molecule has 0 radical (unpaired) electrons. The largest absolute Gasteiger partial charge is 1.00 e. The molecule has 0 aliphatic rings. The fraction of sp³-hybridized carbons (Fsp3) is 0.938. The van der Waals surface area contributed by atoms with Gasteiger partial charge in [0.25, 0.3) is 0 Å². The smallest absolute Gasteiger partial charge is 0.343 e. The summed E-state index contributed by atoms with van der Waals surface area (Å²) in [5.41, 5.74) is 0. The van der Waals surface area contributed by atoms with E-state index in [-0.39, 0.29) is 18.9 Å². The van der Waals surface area contributed by atoms with Crippen LogP contribution in [0.1, 0.15) is 98.8 Å². The van der Waals surface area contributed by atoms with E-state index in [0.717, 1.165) is 6.42 Å². The van der Waals surface area contributed by atoms with E-state index in [4.69, 9.17) is 0 Å². The predicted molar refractivity (Wildman–Crippen MR) is 79.9 cm³/mol. The molecule has 0 rings (SSSR count). The van der Waals surface area contributed by atoms with Crippen LogP contribution < -0.4 is 18.9 Å². The van der Waals surface area contributed by atoms with Crippen LogP contribution in [0, 0.1) is 6.92 Å². The van der Waals surface area contributed by atoms with E-state index in [1.165, 1.54) is 57.8 Å². The summed E-state index contributed by atoms with van der Waals surface area (Å²) in [6, 6.07) is 0. The van der Waals surface area contributed by atoms with Gasteiger partial charge in [0, 0.05) is 0 Å². The maximum atomic E-state index is 3.60. The van der Waals surface area contributed by atoms with Crippen molar-refractivity contribution in [2.75, 3.05) is 0 Å². The molecule has 1 heteroatoms. The first-order valence-electron chi connectivity index (χ1n) is 7.54. The summed E-state index contributed by atoms with van der Waals surface area (Å²) >= 11 is 0. The van der Waals surface area contributed by atoms with Crippen molar-refractivity contribution >= 4 is 0 Å². The van der Waals surface area contributed by atoms with E-state index >= 15 is 0 Å². The number of hydrogen-bond acceptors (Lipinski definition) is 0. The Balaban J connectivity index is -0.0000000741. The first-order chi connectivity index (χ1) is 7.74. The van der Waals surface area contributed by atoms with Crippen LogP contribution in [-0.2, 0) is 0 Å². The molecule has 0 aromatic heterocycles. The van der Waals surface area contributed by atoms with Crippen molar-refractivity contribution in [2.45, 2.75) is 98.8 Å². The van der Waals surface area contributed by atoms with E-state index in [2.05, 4.69) is 41.5 Å². The Morgan fingerprint density at radius 3 is 0.765 bits per heavy atom. The minimum atomic E-state index is 0. The number of hydrogen-bond donors (Lipinski definition) is 0. The summed E-state index contributed by atoms with van der Waals surface area (Å²) in [5.74, 6) is 0. The third-order valence-corrected chi connectivity index (χ3v) is 2.27. The van der Waals surface area contributed by atoms with E-state index in [0.29, 0.717) is 0 Å². The maximum absolute atomic E-state index is 3.60. The Morgan fingerprint density at radius 2 is 0.706 bits per heavy atom. The van der Waals surface area contributed by atoms with Crippen molar-refractivity contribution in [3.63, 3.8) is 0 Å². The molecule has 0 aliphatic carbocycles. The monoisotopic (exact) mass is 236 g/mol. The Bertz CT molecular complexity index is 53.9. The predicted octanol–water partition coefficient (Wildman–Crippen LogP) is 3.80. The second-order valence-electron chi connectivity index (χ2n) is 4.27. The molecule has 0 bridgehead atoms. The van der Waals surface area contributed by atoms with Gasteiger partial charge in [-0.2, -0.15) is 6.42 Å². The van der Waals surface area contributed by atoms with Gasteiger partial charge in [0.1, 0.15) is 0 Å². The molecule has 0 amide bonds. The van der Waals surface area contributed by atoms with Crippen LogP contribution in [0.25, 0.3) is 0 Å². The molecule has 0 N–H and O–H groups in total. The Labute approximate surface area is 125 Å². The van der Waals surface area contributed by atoms with E-state index < -0.39 is 0 Å². The summed E-state index contributed by atoms with van der Waals surface area (Å²) in [6.07, 6.45) is 13.4. The van der Waals surface area contributed by atoms with Crippen molar-refractivity contribution in [3.8, 4) is 0 Å². The molecule has 0 atom stereocenters. The third kappa shape index (κ3) is 61.3. The van der Waals surface area contributed by atoms with E-state index in [1.807, 2.05) is 0 Å². The molecule has 0 saturated carbocycles. The average molecular weight is 236 g/mol. The third-order valence-electron chi connectivity index (χ3n) is 2.27. The number of rotatable bonds is 7. The molecule has 0 heterocycles. The Morgan fingerprint density at radius 1 is 0.529 bits per heavy atom. The topological polar surface area (TPSA) is 0 Å². The minimum Gasteiger partial charge on any atom is -0.343 e. The van der Waals surface area contributed by atoms with Gasteiger partial charge in [-0.15, -0.1) is 0 Å².